The highest BCUT2D eigenvalue weighted by molar-refractivity contribution is 5.85. The minimum atomic E-state index is -0.676. The molecule has 0 radical (unpaired) electrons. The average Bonchev–Trinajstić information content (AvgIpc) is 2.07. The molecule has 1 heterocycles. The van der Waals surface area contributed by atoms with Crippen LogP contribution >= 0.6 is 12.4 Å². The van der Waals surface area contributed by atoms with E-state index in [1.54, 1.807) is 0 Å². The molecule has 0 spiro atoms. The van der Waals surface area contributed by atoms with E-state index in [0.29, 0.717) is 18.6 Å². The molecule has 0 amide bonds. The number of ether oxygens (including phenoxy) is 1. The fourth-order valence-corrected chi connectivity index (χ4v) is 1.45. The van der Waals surface area contributed by atoms with Crippen LogP contribution in [0.15, 0.2) is 12.1 Å². The molecule has 1 aromatic carbocycles. The first-order valence-corrected chi connectivity index (χ1v) is 4.06. The van der Waals surface area contributed by atoms with Gasteiger partial charge in [0.25, 0.3) is 0 Å². The van der Waals surface area contributed by atoms with Crippen molar-refractivity contribution in [2.45, 2.75) is 12.5 Å². The summed E-state index contributed by atoms with van der Waals surface area (Å²) in [6.45, 7) is 0.386. The van der Waals surface area contributed by atoms with E-state index in [2.05, 4.69) is 0 Å². The molecule has 5 heteroatoms. The second kappa shape index (κ2) is 4.11. The van der Waals surface area contributed by atoms with Gasteiger partial charge in [0.05, 0.1) is 6.61 Å². The number of nitrogens with two attached hydrogens (primary N) is 1. The Labute approximate surface area is 86.5 Å². The molecule has 0 aliphatic carbocycles. The van der Waals surface area contributed by atoms with E-state index in [4.69, 9.17) is 10.5 Å². The van der Waals surface area contributed by atoms with Crippen LogP contribution in [-0.2, 0) is 0 Å². The minimum absolute atomic E-state index is 0. The predicted molar refractivity (Wildman–Crippen MR) is 50.6 cm³/mol. The van der Waals surface area contributed by atoms with Crippen molar-refractivity contribution >= 4 is 12.4 Å². The van der Waals surface area contributed by atoms with E-state index in [0.717, 1.165) is 6.07 Å². The average molecular weight is 222 g/mol. The maximum absolute atomic E-state index is 13.1. The van der Waals surface area contributed by atoms with E-state index in [1.165, 1.54) is 6.07 Å². The highest BCUT2D eigenvalue weighted by atomic mass is 35.5. The molecule has 0 aromatic heterocycles. The Morgan fingerprint density at radius 2 is 2.07 bits per heavy atom. The first-order chi connectivity index (χ1) is 6.18. The Balaban J connectivity index is 0.000000980. The van der Waals surface area contributed by atoms with E-state index >= 15 is 0 Å². The zero-order valence-corrected chi connectivity index (χ0v) is 8.11. The zero-order valence-electron chi connectivity index (χ0n) is 7.30. The van der Waals surface area contributed by atoms with Crippen LogP contribution in [0.1, 0.15) is 18.0 Å². The van der Waals surface area contributed by atoms with Crippen LogP contribution in [0.5, 0.6) is 5.75 Å². The van der Waals surface area contributed by atoms with Crippen molar-refractivity contribution < 1.29 is 13.5 Å². The fraction of sp³-hybridized carbons (Fsp3) is 0.333. The Bertz CT molecular complexity index is 346. The van der Waals surface area contributed by atoms with Crippen LogP contribution in [-0.4, -0.2) is 6.61 Å². The van der Waals surface area contributed by atoms with Gasteiger partial charge in [-0.3, -0.25) is 0 Å². The quantitative estimate of drug-likeness (QED) is 0.729. The summed E-state index contributed by atoms with van der Waals surface area (Å²) >= 11 is 0. The predicted octanol–water partition coefficient (Wildman–Crippen LogP) is 2.17. The van der Waals surface area contributed by atoms with E-state index < -0.39 is 11.6 Å². The lowest BCUT2D eigenvalue weighted by Crippen LogP contribution is -2.21. The molecule has 1 aromatic rings. The van der Waals surface area contributed by atoms with Crippen LogP contribution in [0.2, 0.25) is 0 Å². The molecule has 1 aliphatic heterocycles. The zero-order chi connectivity index (χ0) is 9.42. The van der Waals surface area contributed by atoms with Gasteiger partial charge in [-0.05, 0) is 6.07 Å². The number of fused-ring (bicyclic) bond motifs is 1. The Hall–Kier alpha value is -0.870. The van der Waals surface area contributed by atoms with Crippen LogP contribution in [0.4, 0.5) is 8.78 Å². The first-order valence-electron chi connectivity index (χ1n) is 4.06. The molecule has 1 unspecified atom stereocenters. The molecule has 0 saturated carbocycles. The van der Waals surface area contributed by atoms with Gasteiger partial charge in [-0.2, -0.15) is 0 Å². The third-order valence-electron chi connectivity index (χ3n) is 2.11. The lowest BCUT2D eigenvalue weighted by molar-refractivity contribution is 0.254. The molecule has 14 heavy (non-hydrogen) atoms. The van der Waals surface area contributed by atoms with E-state index in [1.807, 2.05) is 0 Å². The highest BCUT2D eigenvalue weighted by Crippen LogP contribution is 2.33. The minimum Gasteiger partial charge on any atom is -0.490 e. The fourth-order valence-electron chi connectivity index (χ4n) is 1.45. The molecule has 1 atom stereocenters. The van der Waals surface area contributed by atoms with Crippen molar-refractivity contribution in [1.29, 1.82) is 0 Å². The number of benzene rings is 1. The lowest BCUT2D eigenvalue weighted by Gasteiger charge is -2.23. The van der Waals surface area contributed by atoms with E-state index in [-0.39, 0.29) is 24.2 Å². The van der Waals surface area contributed by atoms with Crippen LogP contribution in [0, 0.1) is 11.6 Å². The third-order valence-corrected chi connectivity index (χ3v) is 2.11. The Morgan fingerprint density at radius 1 is 1.36 bits per heavy atom. The van der Waals surface area contributed by atoms with Gasteiger partial charge in [0, 0.05) is 24.1 Å². The summed E-state index contributed by atoms with van der Waals surface area (Å²) in [6.07, 6.45) is 0.593. The Kier molecular flexibility index (Phi) is 3.29. The molecule has 1 aliphatic rings. The van der Waals surface area contributed by atoms with Gasteiger partial charge in [0.2, 0.25) is 0 Å². The van der Waals surface area contributed by atoms with E-state index in [9.17, 15) is 8.78 Å². The number of hydrogen-bond acceptors (Lipinski definition) is 2. The smallest absolute Gasteiger partial charge is 0.168 e. The van der Waals surface area contributed by atoms with Crippen molar-refractivity contribution in [3.8, 4) is 5.75 Å². The molecule has 2 rings (SSSR count). The molecule has 0 fully saturated rings. The monoisotopic (exact) mass is 221 g/mol. The summed E-state index contributed by atoms with van der Waals surface area (Å²) in [5.41, 5.74) is 6.09. The molecule has 0 bridgehead atoms. The van der Waals surface area contributed by atoms with Gasteiger partial charge >= 0.3 is 0 Å². The summed E-state index contributed by atoms with van der Waals surface area (Å²) in [7, 11) is 0. The van der Waals surface area contributed by atoms with Crippen molar-refractivity contribution in [2.24, 2.45) is 5.73 Å². The molecule has 78 valence electrons. The van der Waals surface area contributed by atoms with Crippen LogP contribution in [0.25, 0.3) is 0 Å². The molecule has 0 saturated heterocycles. The normalized spacial score (nSPS) is 19.2. The maximum atomic E-state index is 13.1. The number of halogens is 3. The van der Waals surface area contributed by atoms with Crippen LogP contribution in [0.3, 0.4) is 0 Å². The van der Waals surface area contributed by atoms with Crippen molar-refractivity contribution in [3.63, 3.8) is 0 Å². The summed E-state index contributed by atoms with van der Waals surface area (Å²) < 4.78 is 30.9. The van der Waals surface area contributed by atoms with Crippen LogP contribution < -0.4 is 10.5 Å². The summed E-state index contributed by atoms with van der Waals surface area (Å²) in [5, 5.41) is 0. The third kappa shape index (κ3) is 1.81. The topological polar surface area (TPSA) is 35.2 Å². The van der Waals surface area contributed by atoms with Gasteiger partial charge in [0.1, 0.15) is 5.82 Å². The number of rotatable bonds is 0. The summed E-state index contributed by atoms with van der Waals surface area (Å²) in [6, 6.07) is 1.70. The van der Waals surface area contributed by atoms with Gasteiger partial charge in [-0.1, -0.05) is 0 Å². The number of hydrogen-bond donors (Lipinski definition) is 1. The SMILES string of the molecule is Cl.NC1CCOc2c(F)cc(F)cc21. The standard InChI is InChI=1S/C9H9F2NO.ClH/c10-5-3-6-8(12)1-2-13-9(6)7(11)4-5;/h3-4,8H,1-2,12H2;1H. The molecular formula is C9H10ClF2NO. The van der Waals surface area contributed by atoms with Crippen molar-refractivity contribution in [3.05, 3.63) is 29.3 Å². The van der Waals surface area contributed by atoms with Gasteiger partial charge < -0.3 is 10.5 Å². The van der Waals surface area contributed by atoms with Crippen molar-refractivity contribution in [2.75, 3.05) is 6.61 Å². The van der Waals surface area contributed by atoms with Gasteiger partial charge in [0.15, 0.2) is 11.6 Å². The maximum Gasteiger partial charge on any atom is 0.168 e. The van der Waals surface area contributed by atoms with Crippen molar-refractivity contribution in [1.82, 2.24) is 0 Å². The second-order valence-corrected chi connectivity index (χ2v) is 3.05. The first kappa shape index (κ1) is 11.2. The summed E-state index contributed by atoms with van der Waals surface area (Å²) in [4.78, 5) is 0. The van der Waals surface area contributed by atoms with Gasteiger partial charge in [-0.25, -0.2) is 8.78 Å². The second-order valence-electron chi connectivity index (χ2n) is 3.05. The highest BCUT2D eigenvalue weighted by Gasteiger charge is 2.22. The Morgan fingerprint density at radius 3 is 2.79 bits per heavy atom. The molecular weight excluding hydrogens is 212 g/mol. The summed E-state index contributed by atoms with van der Waals surface area (Å²) in [5.74, 6) is -1.19. The van der Waals surface area contributed by atoms with Gasteiger partial charge in [-0.15, -0.1) is 12.4 Å². The molecule has 2 nitrogen and oxygen atoms in total. The molecule has 2 N–H and O–H groups in total. The largest absolute Gasteiger partial charge is 0.490 e. The lowest BCUT2D eigenvalue weighted by atomic mass is 10.0.